The molecule has 2 fully saturated rings. The third kappa shape index (κ3) is 3.18. The van der Waals surface area contributed by atoms with E-state index >= 15 is 0 Å². The lowest BCUT2D eigenvalue weighted by Gasteiger charge is -2.39. The Bertz CT molecular complexity index is 285. The molecule has 5 nitrogen and oxygen atoms in total. The summed E-state index contributed by atoms with van der Waals surface area (Å²) in [6, 6.07) is 0.281. The molecule has 2 heterocycles. The summed E-state index contributed by atoms with van der Waals surface area (Å²) in [5, 5.41) is 16.6. The van der Waals surface area contributed by atoms with E-state index in [1.54, 1.807) is 11.8 Å². The first-order valence-electron chi connectivity index (χ1n) is 6.46. The Kier molecular flexibility index (Phi) is 3.70. The smallest absolute Gasteiger partial charge is 0.241 e. The van der Waals surface area contributed by atoms with Crippen LogP contribution in [-0.4, -0.2) is 59.8 Å². The molecule has 2 rings (SSSR count). The average molecular weight is 241 g/mol. The minimum atomic E-state index is -0.719. The summed E-state index contributed by atoms with van der Waals surface area (Å²) in [5.74, 6) is 0.115. The standard InChI is InChI=1S/C12H23N3O2/c1-9-6-14-10(7-13-9)11(16)15-5-3-4-12(2,17)8-15/h9-10,13-14,17H,3-8H2,1-2H3. The second-order valence-electron chi connectivity index (χ2n) is 5.63. The SMILES string of the molecule is CC1CNC(C(=O)N2CCCC(C)(O)C2)CN1. The molecule has 3 atom stereocenters. The molecule has 2 aliphatic rings. The van der Waals surface area contributed by atoms with Crippen LogP contribution < -0.4 is 10.6 Å². The number of amides is 1. The van der Waals surface area contributed by atoms with Crippen LogP contribution in [0.3, 0.4) is 0 Å². The second-order valence-corrected chi connectivity index (χ2v) is 5.63. The number of nitrogens with zero attached hydrogens (tertiary/aromatic N) is 1. The van der Waals surface area contributed by atoms with Crippen molar-refractivity contribution in [1.29, 1.82) is 0 Å². The third-order valence-corrected chi connectivity index (χ3v) is 3.63. The zero-order chi connectivity index (χ0) is 12.5. The first-order valence-corrected chi connectivity index (χ1v) is 6.46. The summed E-state index contributed by atoms with van der Waals surface area (Å²) in [5.41, 5.74) is -0.719. The third-order valence-electron chi connectivity index (χ3n) is 3.63. The van der Waals surface area contributed by atoms with Gasteiger partial charge in [-0.1, -0.05) is 0 Å². The number of hydrogen-bond donors (Lipinski definition) is 3. The van der Waals surface area contributed by atoms with Gasteiger partial charge in [0, 0.05) is 32.2 Å². The van der Waals surface area contributed by atoms with E-state index in [9.17, 15) is 9.90 Å². The van der Waals surface area contributed by atoms with E-state index in [0.29, 0.717) is 19.1 Å². The monoisotopic (exact) mass is 241 g/mol. The van der Waals surface area contributed by atoms with Crippen LogP contribution >= 0.6 is 0 Å². The molecule has 5 heteroatoms. The van der Waals surface area contributed by atoms with Crippen LogP contribution in [0.1, 0.15) is 26.7 Å². The summed E-state index contributed by atoms with van der Waals surface area (Å²) in [7, 11) is 0. The van der Waals surface area contributed by atoms with E-state index in [1.807, 2.05) is 0 Å². The Morgan fingerprint density at radius 1 is 1.41 bits per heavy atom. The summed E-state index contributed by atoms with van der Waals surface area (Å²) in [6.07, 6.45) is 1.67. The van der Waals surface area contributed by atoms with Crippen LogP contribution in [0, 0.1) is 0 Å². The molecule has 0 spiro atoms. The number of piperidine rings is 1. The van der Waals surface area contributed by atoms with Gasteiger partial charge in [-0.25, -0.2) is 0 Å². The molecule has 3 N–H and O–H groups in total. The molecule has 0 radical (unpaired) electrons. The molecular weight excluding hydrogens is 218 g/mol. The fourth-order valence-corrected chi connectivity index (χ4v) is 2.59. The number of hydrogen-bond acceptors (Lipinski definition) is 4. The maximum atomic E-state index is 12.3. The van der Waals surface area contributed by atoms with Crippen molar-refractivity contribution in [3.8, 4) is 0 Å². The predicted molar refractivity (Wildman–Crippen MR) is 65.7 cm³/mol. The summed E-state index contributed by atoms with van der Waals surface area (Å²) in [4.78, 5) is 14.1. The first-order chi connectivity index (χ1) is 7.98. The lowest BCUT2D eigenvalue weighted by atomic mass is 9.94. The number of nitrogens with one attached hydrogen (secondary N) is 2. The van der Waals surface area contributed by atoms with Crippen LogP contribution in [-0.2, 0) is 4.79 Å². The van der Waals surface area contributed by atoms with Gasteiger partial charge in [0.05, 0.1) is 11.6 Å². The van der Waals surface area contributed by atoms with Gasteiger partial charge in [-0.2, -0.15) is 0 Å². The van der Waals surface area contributed by atoms with Crippen molar-refractivity contribution in [2.45, 2.75) is 44.4 Å². The number of likely N-dealkylation sites (tertiary alicyclic amines) is 1. The Hall–Kier alpha value is -0.650. The Morgan fingerprint density at radius 2 is 2.18 bits per heavy atom. The fraction of sp³-hybridized carbons (Fsp3) is 0.917. The Morgan fingerprint density at radius 3 is 2.76 bits per heavy atom. The molecule has 17 heavy (non-hydrogen) atoms. The lowest BCUT2D eigenvalue weighted by Crippen LogP contribution is -2.61. The molecule has 0 aliphatic carbocycles. The minimum absolute atomic E-state index is 0.115. The predicted octanol–water partition coefficient (Wildman–Crippen LogP) is -0.690. The van der Waals surface area contributed by atoms with Gasteiger partial charge in [-0.15, -0.1) is 0 Å². The number of rotatable bonds is 1. The molecule has 0 aromatic heterocycles. The summed E-state index contributed by atoms with van der Waals surface area (Å²) in [6.45, 7) is 6.63. The van der Waals surface area contributed by atoms with Gasteiger partial charge in [0.15, 0.2) is 0 Å². The maximum Gasteiger partial charge on any atom is 0.241 e. The first kappa shape index (κ1) is 12.8. The molecule has 2 aliphatic heterocycles. The molecule has 98 valence electrons. The van der Waals surface area contributed by atoms with Gasteiger partial charge >= 0.3 is 0 Å². The van der Waals surface area contributed by atoms with Crippen molar-refractivity contribution in [3.05, 3.63) is 0 Å². The molecule has 0 saturated carbocycles. The van der Waals surface area contributed by atoms with E-state index in [4.69, 9.17) is 0 Å². The molecule has 1 amide bonds. The van der Waals surface area contributed by atoms with E-state index in [2.05, 4.69) is 17.6 Å². The van der Waals surface area contributed by atoms with Crippen LogP contribution in [0.4, 0.5) is 0 Å². The van der Waals surface area contributed by atoms with Crippen molar-refractivity contribution in [2.75, 3.05) is 26.2 Å². The van der Waals surface area contributed by atoms with Gasteiger partial charge in [0.2, 0.25) is 5.91 Å². The van der Waals surface area contributed by atoms with Gasteiger partial charge < -0.3 is 20.6 Å². The van der Waals surface area contributed by atoms with E-state index in [1.165, 1.54) is 0 Å². The molecule has 3 unspecified atom stereocenters. The van der Waals surface area contributed by atoms with Crippen molar-refractivity contribution in [2.24, 2.45) is 0 Å². The molecule has 0 bridgehead atoms. The van der Waals surface area contributed by atoms with Crippen LogP contribution in [0.5, 0.6) is 0 Å². The Labute approximate surface area is 103 Å². The number of carbonyl (C=O) groups is 1. The average Bonchev–Trinajstić information content (AvgIpc) is 2.28. The number of piperazine rings is 1. The van der Waals surface area contributed by atoms with Crippen molar-refractivity contribution < 1.29 is 9.90 Å². The normalized spacial score (nSPS) is 39.1. The fourth-order valence-electron chi connectivity index (χ4n) is 2.59. The minimum Gasteiger partial charge on any atom is -0.388 e. The van der Waals surface area contributed by atoms with Crippen LogP contribution in [0.2, 0.25) is 0 Å². The largest absolute Gasteiger partial charge is 0.388 e. The highest BCUT2D eigenvalue weighted by Gasteiger charge is 2.34. The lowest BCUT2D eigenvalue weighted by molar-refractivity contribution is -0.140. The van der Waals surface area contributed by atoms with E-state index < -0.39 is 5.60 Å². The zero-order valence-electron chi connectivity index (χ0n) is 10.7. The van der Waals surface area contributed by atoms with Gasteiger partial charge in [0.1, 0.15) is 0 Å². The van der Waals surface area contributed by atoms with Gasteiger partial charge in [-0.05, 0) is 26.7 Å². The number of carbonyl (C=O) groups excluding carboxylic acids is 1. The van der Waals surface area contributed by atoms with Crippen molar-refractivity contribution in [3.63, 3.8) is 0 Å². The molecular formula is C12H23N3O2. The van der Waals surface area contributed by atoms with Crippen molar-refractivity contribution >= 4 is 5.91 Å². The highest BCUT2D eigenvalue weighted by Crippen LogP contribution is 2.20. The van der Waals surface area contributed by atoms with E-state index in [-0.39, 0.29) is 11.9 Å². The molecule has 2 saturated heterocycles. The second kappa shape index (κ2) is 4.92. The summed E-state index contributed by atoms with van der Waals surface area (Å²) >= 11 is 0. The molecule has 0 aromatic carbocycles. The Balaban J connectivity index is 1.91. The number of β-amino-alcohol motifs (C(OH)–C–C–N with tert-alkyl or cyclic N) is 1. The highest BCUT2D eigenvalue weighted by atomic mass is 16.3. The highest BCUT2D eigenvalue weighted by molar-refractivity contribution is 5.82. The van der Waals surface area contributed by atoms with Crippen molar-refractivity contribution in [1.82, 2.24) is 15.5 Å². The maximum absolute atomic E-state index is 12.3. The number of aliphatic hydroxyl groups is 1. The zero-order valence-corrected chi connectivity index (χ0v) is 10.7. The summed E-state index contributed by atoms with van der Waals surface area (Å²) < 4.78 is 0. The van der Waals surface area contributed by atoms with Crippen LogP contribution in [0.15, 0.2) is 0 Å². The van der Waals surface area contributed by atoms with Gasteiger partial charge in [0.25, 0.3) is 0 Å². The topological polar surface area (TPSA) is 64.6 Å². The van der Waals surface area contributed by atoms with Gasteiger partial charge in [-0.3, -0.25) is 4.79 Å². The molecule has 0 aromatic rings. The quantitative estimate of drug-likeness (QED) is 0.568. The van der Waals surface area contributed by atoms with E-state index in [0.717, 1.165) is 25.9 Å². The van der Waals surface area contributed by atoms with Crippen LogP contribution in [0.25, 0.3) is 0 Å².